The molecular weight excluding hydrogens is 350 g/mol. The van der Waals surface area contributed by atoms with Gasteiger partial charge in [-0.1, -0.05) is 34.1 Å². The minimum absolute atomic E-state index is 0.0228. The average molecular weight is 362 g/mol. The fourth-order valence-electron chi connectivity index (χ4n) is 1.74. The van der Waals surface area contributed by atoms with Gasteiger partial charge in [-0.2, -0.15) is 5.10 Å². The Morgan fingerprint density at radius 2 is 1.86 bits per heavy atom. The molecule has 0 saturated heterocycles. The molecule has 0 saturated carbocycles. The van der Waals surface area contributed by atoms with Crippen molar-refractivity contribution < 1.29 is 9.72 Å². The van der Waals surface area contributed by atoms with Gasteiger partial charge in [0.25, 0.3) is 11.6 Å². The van der Waals surface area contributed by atoms with Gasteiger partial charge in [0.05, 0.1) is 10.6 Å². The molecule has 22 heavy (non-hydrogen) atoms. The minimum atomic E-state index is -0.475. The standard InChI is InChI=1S/C15H12BrN3O3/c1-10(11-4-3-7-14(9-11)19(21)22)17-18-15(20)12-5-2-6-13(16)8-12/h2-9H,1H3,(H,18,20)/b17-10-. The van der Waals surface area contributed by atoms with Gasteiger partial charge in [-0.15, -0.1) is 0 Å². The number of halogens is 1. The molecular formula is C15H12BrN3O3. The van der Waals surface area contributed by atoms with Crippen LogP contribution in [0.3, 0.4) is 0 Å². The van der Waals surface area contributed by atoms with E-state index in [0.29, 0.717) is 16.8 Å². The van der Waals surface area contributed by atoms with E-state index in [1.807, 2.05) is 6.07 Å². The highest BCUT2D eigenvalue weighted by Crippen LogP contribution is 2.14. The van der Waals surface area contributed by atoms with Crippen molar-refractivity contribution in [3.63, 3.8) is 0 Å². The van der Waals surface area contributed by atoms with Crippen molar-refractivity contribution in [1.82, 2.24) is 5.43 Å². The van der Waals surface area contributed by atoms with Crippen LogP contribution in [-0.2, 0) is 0 Å². The number of non-ortho nitro benzene ring substituents is 1. The number of nitro benzene ring substituents is 1. The molecule has 0 aliphatic heterocycles. The summed E-state index contributed by atoms with van der Waals surface area (Å²) in [6.07, 6.45) is 0. The number of carbonyl (C=O) groups is 1. The van der Waals surface area contributed by atoms with Gasteiger partial charge < -0.3 is 0 Å². The molecule has 0 bridgehead atoms. The number of rotatable bonds is 4. The van der Waals surface area contributed by atoms with E-state index >= 15 is 0 Å². The summed E-state index contributed by atoms with van der Waals surface area (Å²) >= 11 is 3.29. The number of nitrogens with zero attached hydrogens (tertiary/aromatic N) is 2. The molecule has 2 aromatic rings. The molecule has 0 aliphatic rings. The molecule has 0 aliphatic carbocycles. The monoisotopic (exact) mass is 361 g/mol. The van der Waals surface area contributed by atoms with Crippen LogP contribution in [0.15, 0.2) is 58.1 Å². The zero-order valence-electron chi connectivity index (χ0n) is 11.6. The third-order valence-corrected chi connectivity index (χ3v) is 3.38. The van der Waals surface area contributed by atoms with Crippen molar-refractivity contribution in [2.75, 3.05) is 0 Å². The van der Waals surface area contributed by atoms with E-state index in [2.05, 4.69) is 26.5 Å². The minimum Gasteiger partial charge on any atom is -0.267 e. The Kier molecular flexibility index (Phi) is 5.00. The van der Waals surface area contributed by atoms with Gasteiger partial charge in [-0.05, 0) is 25.1 Å². The van der Waals surface area contributed by atoms with E-state index in [4.69, 9.17) is 0 Å². The summed E-state index contributed by atoms with van der Waals surface area (Å²) in [5.41, 5.74) is 3.92. The van der Waals surface area contributed by atoms with Crippen molar-refractivity contribution in [3.8, 4) is 0 Å². The smallest absolute Gasteiger partial charge is 0.267 e. The maximum absolute atomic E-state index is 12.0. The van der Waals surface area contributed by atoms with E-state index in [1.165, 1.54) is 12.1 Å². The second kappa shape index (κ2) is 6.95. The quantitative estimate of drug-likeness (QED) is 0.513. The highest BCUT2D eigenvalue weighted by Gasteiger charge is 2.08. The summed E-state index contributed by atoms with van der Waals surface area (Å²) < 4.78 is 0.791. The Balaban J connectivity index is 2.14. The first-order valence-electron chi connectivity index (χ1n) is 6.32. The zero-order chi connectivity index (χ0) is 16.1. The molecule has 0 unspecified atom stereocenters. The fourth-order valence-corrected chi connectivity index (χ4v) is 2.14. The second-order valence-electron chi connectivity index (χ2n) is 4.46. The predicted octanol–water partition coefficient (Wildman–Crippen LogP) is 3.51. The second-order valence-corrected chi connectivity index (χ2v) is 5.37. The third kappa shape index (κ3) is 3.98. The molecule has 0 aromatic heterocycles. The average Bonchev–Trinajstić information content (AvgIpc) is 2.52. The molecule has 0 radical (unpaired) electrons. The number of amides is 1. The number of hydrogen-bond donors (Lipinski definition) is 1. The summed E-state index contributed by atoms with van der Waals surface area (Å²) in [4.78, 5) is 22.2. The number of hydrazone groups is 1. The Morgan fingerprint density at radius 3 is 2.55 bits per heavy atom. The van der Waals surface area contributed by atoms with Crippen LogP contribution in [0.2, 0.25) is 0 Å². The molecule has 2 rings (SSSR count). The predicted molar refractivity (Wildman–Crippen MR) is 86.9 cm³/mol. The molecule has 0 heterocycles. The molecule has 0 spiro atoms. The van der Waals surface area contributed by atoms with E-state index in [1.54, 1.807) is 37.3 Å². The van der Waals surface area contributed by atoms with Crippen LogP contribution in [0, 0.1) is 10.1 Å². The van der Waals surface area contributed by atoms with Gasteiger partial charge in [-0.25, -0.2) is 5.43 Å². The maximum Gasteiger partial charge on any atom is 0.271 e. The summed E-state index contributed by atoms with van der Waals surface area (Å²) in [6.45, 7) is 1.67. The Bertz CT molecular complexity index is 759. The maximum atomic E-state index is 12.0. The van der Waals surface area contributed by atoms with Gasteiger partial charge in [0.2, 0.25) is 0 Å². The molecule has 1 N–H and O–H groups in total. The molecule has 0 atom stereocenters. The van der Waals surface area contributed by atoms with Crippen LogP contribution in [0.25, 0.3) is 0 Å². The summed E-state index contributed by atoms with van der Waals surface area (Å²) in [7, 11) is 0. The molecule has 112 valence electrons. The van der Waals surface area contributed by atoms with E-state index in [0.717, 1.165) is 4.47 Å². The number of hydrogen-bond acceptors (Lipinski definition) is 4. The highest BCUT2D eigenvalue weighted by atomic mass is 79.9. The number of nitro groups is 1. The lowest BCUT2D eigenvalue weighted by Gasteiger charge is -2.03. The molecule has 2 aromatic carbocycles. The normalized spacial score (nSPS) is 11.1. The van der Waals surface area contributed by atoms with Gasteiger partial charge in [0, 0.05) is 27.7 Å². The molecule has 1 amide bonds. The molecule has 0 fully saturated rings. The number of carbonyl (C=O) groups excluding carboxylic acids is 1. The van der Waals surface area contributed by atoms with Crippen LogP contribution in [0.4, 0.5) is 5.69 Å². The first kappa shape index (κ1) is 15.8. The van der Waals surface area contributed by atoms with Crippen molar-refractivity contribution in [2.24, 2.45) is 5.10 Å². The zero-order valence-corrected chi connectivity index (χ0v) is 13.2. The van der Waals surface area contributed by atoms with Crippen molar-refractivity contribution in [2.45, 2.75) is 6.92 Å². The van der Waals surface area contributed by atoms with Crippen molar-refractivity contribution in [3.05, 3.63) is 74.2 Å². The fraction of sp³-hybridized carbons (Fsp3) is 0.0667. The Labute approximate surface area is 135 Å². The summed E-state index contributed by atoms with van der Waals surface area (Å²) in [6, 6.07) is 13.0. The number of benzene rings is 2. The Hall–Kier alpha value is -2.54. The molecule has 7 heteroatoms. The lowest BCUT2D eigenvalue weighted by atomic mass is 10.1. The van der Waals surface area contributed by atoms with Crippen LogP contribution >= 0.6 is 15.9 Å². The SMILES string of the molecule is C/C(=N/NC(=O)c1cccc(Br)c1)c1cccc([N+](=O)[O-])c1. The van der Waals surface area contributed by atoms with Crippen LogP contribution < -0.4 is 5.43 Å². The first-order chi connectivity index (χ1) is 10.5. The highest BCUT2D eigenvalue weighted by molar-refractivity contribution is 9.10. The van der Waals surface area contributed by atoms with Gasteiger partial charge >= 0.3 is 0 Å². The topological polar surface area (TPSA) is 84.6 Å². The van der Waals surface area contributed by atoms with Crippen molar-refractivity contribution in [1.29, 1.82) is 0 Å². The van der Waals surface area contributed by atoms with Crippen molar-refractivity contribution >= 4 is 33.2 Å². The third-order valence-electron chi connectivity index (χ3n) is 2.89. The summed E-state index contributed by atoms with van der Waals surface area (Å²) in [5.74, 6) is -0.355. The van der Waals surface area contributed by atoms with E-state index in [9.17, 15) is 14.9 Å². The van der Waals surface area contributed by atoms with Crippen LogP contribution in [-0.4, -0.2) is 16.5 Å². The summed E-state index contributed by atoms with van der Waals surface area (Å²) in [5, 5.41) is 14.7. The largest absolute Gasteiger partial charge is 0.271 e. The van der Waals surface area contributed by atoms with E-state index < -0.39 is 4.92 Å². The van der Waals surface area contributed by atoms with E-state index in [-0.39, 0.29) is 11.6 Å². The van der Waals surface area contributed by atoms with Crippen LogP contribution in [0.5, 0.6) is 0 Å². The Morgan fingerprint density at radius 1 is 1.18 bits per heavy atom. The van der Waals surface area contributed by atoms with Crippen LogP contribution in [0.1, 0.15) is 22.8 Å². The van der Waals surface area contributed by atoms with Gasteiger partial charge in [0.15, 0.2) is 0 Å². The first-order valence-corrected chi connectivity index (χ1v) is 7.11. The lowest BCUT2D eigenvalue weighted by Crippen LogP contribution is -2.19. The lowest BCUT2D eigenvalue weighted by molar-refractivity contribution is -0.384. The number of nitrogens with one attached hydrogen (secondary N) is 1. The van der Waals surface area contributed by atoms with Gasteiger partial charge in [0.1, 0.15) is 0 Å². The van der Waals surface area contributed by atoms with Gasteiger partial charge in [-0.3, -0.25) is 14.9 Å². The molecule has 6 nitrogen and oxygen atoms in total.